The van der Waals surface area contributed by atoms with E-state index in [0.717, 1.165) is 18.4 Å². The van der Waals surface area contributed by atoms with E-state index >= 15 is 0 Å². The molecule has 0 bridgehead atoms. The lowest BCUT2D eigenvalue weighted by Gasteiger charge is -2.12. The predicted octanol–water partition coefficient (Wildman–Crippen LogP) is 3.28. The molecule has 1 N–H and O–H groups in total. The third kappa shape index (κ3) is 3.92. The molecule has 3 aromatic rings. The van der Waals surface area contributed by atoms with Crippen molar-refractivity contribution in [3.63, 3.8) is 0 Å². The lowest BCUT2D eigenvalue weighted by atomic mass is 10.1. The minimum atomic E-state index is -0.206. The highest BCUT2D eigenvalue weighted by Crippen LogP contribution is 2.34. The third-order valence-corrected chi connectivity index (χ3v) is 4.24. The summed E-state index contributed by atoms with van der Waals surface area (Å²) in [5.74, 6) is 1.67. The van der Waals surface area contributed by atoms with Crippen LogP contribution in [-0.4, -0.2) is 33.9 Å². The van der Waals surface area contributed by atoms with Crippen molar-refractivity contribution in [2.45, 2.75) is 18.9 Å². The molecule has 0 unspecified atom stereocenters. The van der Waals surface area contributed by atoms with Gasteiger partial charge in [0.1, 0.15) is 6.33 Å². The van der Waals surface area contributed by atoms with Crippen molar-refractivity contribution in [3.8, 4) is 22.9 Å². The molecule has 27 heavy (non-hydrogen) atoms. The van der Waals surface area contributed by atoms with Gasteiger partial charge in [-0.25, -0.2) is 4.98 Å². The number of carbonyl (C=O) groups excluding carboxylic acids is 1. The summed E-state index contributed by atoms with van der Waals surface area (Å²) in [5, 5.41) is 7.16. The van der Waals surface area contributed by atoms with Gasteiger partial charge in [-0.3, -0.25) is 9.48 Å². The largest absolute Gasteiger partial charge is 0.493 e. The van der Waals surface area contributed by atoms with Gasteiger partial charge in [0.25, 0.3) is 5.91 Å². The number of benzene rings is 2. The van der Waals surface area contributed by atoms with Gasteiger partial charge in [0, 0.05) is 23.9 Å². The molecule has 0 atom stereocenters. The van der Waals surface area contributed by atoms with Crippen LogP contribution in [0.3, 0.4) is 0 Å². The van der Waals surface area contributed by atoms with Crippen molar-refractivity contribution in [1.82, 2.24) is 14.8 Å². The Kier molecular flexibility index (Phi) is 4.50. The number of anilines is 1. The zero-order chi connectivity index (χ0) is 18.8. The fraction of sp³-hybridized carbons (Fsp3) is 0.250. The van der Waals surface area contributed by atoms with E-state index < -0.39 is 0 Å². The maximum atomic E-state index is 12.6. The number of methoxy groups -OCH3 is 1. The third-order valence-electron chi connectivity index (χ3n) is 4.24. The Labute approximate surface area is 156 Å². The summed E-state index contributed by atoms with van der Waals surface area (Å²) in [6, 6.07) is 12.6. The van der Waals surface area contributed by atoms with Crippen LogP contribution in [0, 0.1) is 0 Å². The van der Waals surface area contributed by atoms with Gasteiger partial charge in [-0.1, -0.05) is 0 Å². The Hall–Kier alpha value is -3.35. The topological polar surface area (TPSA) is 78.3 Å². The minimum Gasteiger partial charge on any atom is -0.493 e. The molecule has 1 saturated carbocycles. The molecule has 7 nitrogen and oxygen atoms in total. The second-order valence-corrected chi connectivity index (χ2v) is 6.46. The Morgan fingerprint density at radius 1 is 1.15 bits per heavy atom. The first-order valence-electron chi connectivity index (χ1n) is 8.74. The summed E-state index contributed by atoms with van der Waals surface area (Å²) in [4.78, 5) is 16.8. The lowest BCUT2D eigenvalue weighted by molar-refractivity contribution is 0.102. The Balaban J connectivity index is 1.48. The molecule has 0 radical (unpaired) electrons. The predicted molar refractivity (Wildman–Crippen MR) is 101 cm³/mol. The lowest BCUT2D eigenvalue weighted by Crippen LogP contribution is -2.12. The summed E-state index contributed by atoms with van der Waals surface area (Å²) in [6.07, 6.45) is 3.95. The molecule has 4 rings (SSSR count). The molecule has 138 valence electrons. The summed E-state index contributed by atoms with van der Waals surface area (Å²) in [7, 11) is 3.41. The first-order chi connectivity index (χ1) is 13.1. The van der Waals surface area contributed by atoms with Gasteiger partial charge in [-0.15, -0.1) is 0 Å². The first kappa shape index (κ1) is 17.1. The van der Waals surface area contributed by atoms with Crippen molar-refractivity contribution in [3.05, 3.63) is 54.4 Å². The van der Waals surface area contributed by atoms with Crippen molar-refractivity contribution >= 4 is 11.6 Å². The van der Waals surface area contributed by atoms with E-state index in [1.54, 1.807) is 36.3 Å². The van der Waals surface area contributed by atoms with Crippen LogP contribution >= 0.6 is 0 Å². The molecule has 1 aliphatic rings. The van der Waals surface area contributed by atoms with Gasteiger partial charge < -0.3 is 14.8 Å². The average molecular weight is 364 g/mol. The van der Waals surface area contributed by atoms with E-state index in [0.29, 0.717) is 28.6 Å². The van der Waals surface area contributed by atoms with E-state index in [9.17, 15) is 4.79 Å². The zero-order valence-electron chi connectivity index (χ0n) is 15.2. The number of hydrogen-bond donors (Lipinski definition) is 1. The van der Waals surface area contributed by atoms with Gasteiger partial charge in [0.15, 0.2) is 17.3 Å². The van der Waals surface area contributed by atoms with E-state index in [1.807, 2.05) is 31.3 Å². The van der Waals surface area contributed by atoms with Crippen molar-refractivity contribution < 1.29 is 14.3 Å². The highest BCUT2D eigenvalue weighted by Gasteiger charge is 2.25. The number of amides is 1. The molecule has 0 saturated heterocycles. The SMILES string of the molecule is COc1ccc(C(=O)Nc2ccc(-c3ncn(C)n3)cc2)cc1OC1CC1. The molecule has 1 fully saturated rings. The number of carbonyl (C=O) groups is 1. The van der Waals surface area contributed by atoms with E-state index in [1.165, 1.54) is 0 Å². The van der Waals surface area contributed by atoms with Gasteiger partial charge in [-0.05, 0) is 55.3 Å². The molecule has 1 amide bonds. The standard InChI is InChI=1S/C20H20N4O3/c1-24-12-21-19(23-24)13-3-6-15(7-4-13)22-20(25)14-5-10-17(26-2)18(11-14)27-16-8-9-16/h3-7,10-12,16H,8-9H2,1-2H3,(H,22,25). The van der Waals surface area contributed by atoms with Crippen LogP contribution in [0.15, 0.2) is 48.8 Å². The molecule has 1 aromatic heterocycles. The van der Waals surface area contributed by atoms with Gasteiger partial charge >= 0.3 is 0 Å². The minimum absolute atomic E-state index is 0.206. The zero-order valence-corrected chi connectivity index (χ0v) is 15.2. The van der Waals surface area contributed by atoms with E-state index in [4.69, 9.17) is 9.47 Å². The quantitative estimate of drug-likeness (QED) is 0.726. The van der Waals surface area contributed by atoms with Crippen LogP contribution in [0.2, 0.25) is 0 Å². The fourth-order valence-electron chi connectivity index (χ4n) is 2.65. The number of rotatable bonds is 6. The highest BCUT2D eigenvalue weighted by atomic mass is 16.5. The molecular weight excluding hydrogens is 344 g/mol. The number of aromatic nitrogens is 3. The van der Waals surface area contributed by atoms with Crippen LogP contribution in [0.1, 0.15) is 23.2 Å². The molecular formula is C20H20N4O3. The second kappa shape index (κ2) is 7.11. The average Bonchev–Trinajstić information content (AvgIpc) is 3.39. The maximum absolute atomic E-state index is 12.6. The number of nitrogens with zero attached hydrogens (tertiary/aromatic N) is 3. The Morgan fingerprint density at radius 3 is 2.56 bits per heavy atom. The summed E-state index contributed by atoms with van der Waals surface area (Å²) in [5.41, 5.74) is 2.10. The fourth-order valence-corrected chi connectivity index (χ4v) is 2.65. The monoisotopic (exact) mass is 364 g/mol. The van der Waals surface area contributed by atoms with Crippen LogP contribution in [0.25, 0.3) is 11.4 Å². The van der Waals surface area contributed by atoms with Crippen molar-refractivity contribution in [2.75, 3.05) is 12.4 Å². The Morgan fingerprint density at radius 2 is 1.93 bits per heavy atom. The van der Waals surface area contributed by atoms with Gasteiger partial charge in [0.05, 0.1) is 13.2 Å². The molecule has 2 aromatic carbocycles. The molecule has 1 heterocycles. The maximum Gasteiger partial charge on any atom is 0.255 e. The number of hydrogen-bond acceptors (Lipinski definition) is 5. The van der Waals surface area contributed by atoms with Crippen molar-refractivity contribution in [1.29, 1.82) is 0 Å². The van der Waals surface area contributed by atoms with Gasteiger partial charge in [-0.2, -0.15) is 5.10 Å². The van der Waals surface area contributed by atoms with Gasteiger partial charge in [0.2, 0.25) is 0 Å². The second-order valence-electron chi connectivity index (χ2n) is 6.46. The van der Waals surface area contributed by atoms with Crippen LogP contribution in [0.4, 0.5) is 5.69 Å². The van der Waals surface area contributed by atoms with Crippen LogP contribution < -0.4 is 14.8 Å². The van der Waals surface area contributed by atoms with Crippen molar-refractivity contribution in [2.24, 2.45) is 7.05 Å². The molecule has 0 spiro atoms. The smallest absolute Gasteiger partial charge is 0.255 e. The Bertz CT molecular complexity index is 962. The summed E-state index contributed by atoms with van der Waals surface area (Å²) >= 11 is 0. The molecule has 0 aliphatic heterocycles. The summed E-state index contributed by atoms with van der Waals surface area (Å²) in [6.45, 7) is 0. The highest BCUT2D eigenvalue weighted by molar-refractivity contribution is 6.04. The normalized spacial score (nSPS) is 13.3. The first-order valence-corrected chi connectivity index (χ1v) is 8.74. The summed E-state index contributed by atoms with van der Waals surface area (Å²) < 4.78 is 12.8. The van der Waals surface area contributed by atoms with Crippen LogP contribution in [0.5, 0.6) is 11.5 Å². The van der Waals surface area contributed by atoms with E-state index in [2.05, 4.69) is 15.4 Å². The number of nitrogens with one attached hydrogen (secondary N) is 1. The molecule has 1 aliphatic carbocycles. The molecule has 7 heteroatoms. The van der Waals surface area contributed by atoms with E-state index in [-0.39, 0.29) is 12.0 Å². The van der Waals surface area contributed by atoms with Crippen LogP contribution in [-0.2, 0) is 7.05 Å². The number of aryl methyl sites for hydroxylation is 1. The number of ether oxygens (including phenoxy) is 2.